The van der Waals surface area contributed by atoms with E-state index in [2.05, 4.69) is 0 Å². The summed E-state index contributed by atoms with van der Waals surface area (Å²) in [6, 6.07) is 14.7. The van der Waals surface area contributed by atoms with E-state index in [1.807, 2.05) is 0 Å². The van der Waals surface area contributed by atoms with Crippen LogP contribution in [-0.4, -0.2) is 67.0 Å². The molecule has 0 aromatic heterocycles. The van der Waals surface area contributed by atoms with Crippen molar-refractivity contribution >= 4 is 5.97 Å². The molecule has 0 amide bonds. The van der Waals surface area contributed by atoms with Gasteiger partial charge in [0, 0.05) is 5.92 Å². The standard InChI is InChI=1S/C30H34O10/c1-36-25-12-17(4-7-22(25)32)10-20-16-39-30(35)21(20)11-18-5-9-24(27(13-18)38-3)40-28(15-31)29(34)19-6-8-23(33)26(14-19)37-2/h4-9,12-14,20-21,28-29,31-34H,10-11,15-16H2,1-3H3/t20-,21+,28?,29?/m0/s1. The molecule has 0 spiro atoms. The molecule has 3 aromatic rings. The topological polar surface area (TPSA) is 144 Å². The van der Waals surface area contributed by atoms with E-state index in [1.54, 1.807) is 36.4 Å². The fraction of sp³-hybridized carbons (Fsp3) is 0.367. The first-order valence-electron chi connectivity index (χ1n) is 12.8. The van der Waals surface area contributed by atoms with Crippen molar-refractivity contribution in [2.45, 2.75) is 25.0 Å². The molecular formula is C30H34O10. The van der Waals surface area contributed by atoms with Crippen LogP contribution >= 0.6 is 0 Å². The molecule has 40 heavy (non-hydrogen) atoms. The molecule has 214 valence electrons. The van der Waals surface area contributed by atoms with Crippen LogP contribution in [0.2, 0.25) is 0 Å². The van der Waals surface area contributed by atoms with Crippen molar-refractivity contribution < 1.29 is 48.9 Å². The number of aliphatic hydroxyl groups excluding tert-OH is 2. The van der Waals surface area contributed by atoms with Crippen molar-refractivity contribution in [3.05, 3.63) is 71.3 Å². The Balaban J connectivity index is 1.48. The van der Waals surface area contributed by atoms with Crippen molar-refractivity contribution in [1.29, 1.82) is 0 Å². The number of aliphatic hydroxyl groups is 2. The quantitative estimate of drug-likeness (QED) is 0.246. The van der Waals surface area contributed by atoms with Gasteiger partial charge in [-0.05, 0) is 65.9 Å². The average Bonchev–Trinajstić information content (AvgIpc) is 3.31. The maximum Gasteiger partial charge on any atom is 0.309 e. The zero-order chi connectivity index (χ0) is 28.8. The van der Waals surface area contributed by atoms with Crippen LogP contribution in [0.15, 0.2) is 54.6 Å². The Labute approximate surface area is 232 Å². The number of hydrogen-bond donors (Lipinski definition) is 4. The number of benzene rings is 3. The van der Waals surface area contributed by atoms with Crippen molar-refractivity contribution in [3.8, 4) is 34.5 Å². The molecule has 1 heterocycles. The molecule has 10 nitrogen and oxygen atoms in total. The summed E-state index contributed by atoms with van der Waals surface area (Å²) in [6.07, 6.45) is -1.28. The van der Waals surface area contributed by atoms with E-state index in [0.29, 0.717) is 42.3 Å². The van der Waals surface area contributed by atoms with Gasteiger partial charge in [0.15, 0.2) is 40.6 Å². The summed E-state index contributed by atoms with van der Waals surface area (Å²) in [4.78, 5) is 12.6. The van der Waals surface area contributed by atoms with Gasteiger partial charge in [-0.15, -0.1) is 0 Å². The smallest absolute Gasteiger partial charge is 0.309 e. The van der Waals surface area contributed by atoms with Crippen LogP contribution < -0.4 is 18.9 Å². The minimum Gasteiger partial charge on any atom is -0.504 e. The Morgan fingerprint density at radius 3 is 2.10 bits per heavy atom. The van der Waals surface area contributed by atoms with E-state index in [0.717, 1.165) is 11.1 Å². The number of phenols is 2. The second kappa shape index (κ2) is 12.8. The summed E-state index contributed by atoms with van der Waals surface area (Å²) in [5.74, 6) is 0.479. The average molecular weight is 555 g/mol. The maximum absolute atomic E-state index is 12.6. The summed E-state index contributed by atoms with van der Waals surface area (Å²) in [6.45, 7) is -0.198. The molecule has 1 saturated heterocycles. The molecule has 1 aliphatic heterocycles. The number of cyclic esters (lactones) is 1. The number of methoxy groups -OCH3 is 3. The summed E-state index contributed by atoms with van der Waals surface area (Å²) in [5.41, 5.74) is 2.14. The van der Waals surface area contributed by atoms with E-state index in [4.69, 9.17) is 23.7 Å². The Morgan fingerprint density at radius 2 is 1.43 bits per heavy atom. The fourth-order valence-electron chi connectivity index (χ4n) is 4.86. The first-order valence-corrected chi connectivity index (χ1v) is 12.8. The molecule has 4 atom stereocenters. The highest BCUT2D eigenvalue weighted by atomic mass is 16.5. The highest BCUT2D eigenvalue weighted by Gasteiger charge is 2.37. The van der Waals surface area contributed by atoms with Gasteiger partial charge in [0.25, 0.3) is 0 Å². The Hall–Kier alpha value is -4.15. The molecule has 0 bridgehead atoms. The van der Waals surface area contributed by atoms with Crippen molar-refractivity contribution in [3.63, 3.8) is 0 Å². The number of ether oxygens (including phenoxy) is 5. The number of rotatable bonds is 12. The SMILES string of the molecule is COc1cc(C[C@H]2COC(=O)[C@@H]2Cc2ccc(OC(CO)C(O)c3ccc(O)c(OC)c3)c(OC)c2)ccc1O. The van der Waals surface area contributed by atoms with E-state index < -0.39 is 18.8 Å². The summed E-state index contributed by atoms with van der Waals surface area (Å²) >= 11 is 0. The van der Waals surface area contributed by atoms with Gasteiger partial charge in [0.1, 0.15) is 6.10 Å². The van der Waals surface area contributed by atoms with Crippen LogP contribution in [0.1, 0.15) is 22.8 Å². The lowest BCUT2D eigenvalue weighted by atomic mass is 9.85. The lowest BCUT2D eigenvalue weighted by Crippen LogP contribution is -2.29. The lowest BCUT2D eigenvalue weighted by molar-refractivity contribution is -0.141. The number of carbonyl (C=O) groups excluding carboxylic acids is 1. The fourth-order valence-corrected chi connectivity index (χ4v) is 4.86. The molecule has 2 unspecified atom stereocenters. The van der Waals surface area contributed by atoms with E-state index >= 15 is 0 Å². The third-order valence-corrected chi connectivity index (χ3v) is 7.09. The van der Waals surface area contributed by atoms with Gasteiger partial charge in [-0.3, -0.25) is 4.79 Å². The van der Waals surface area contributed by atoms with Gasteiger partial charge in [-0.2, -0.15) is 0 Å². The normalized spacial score (nSPS) is 18.1. The summed E-state index contributed by atoms with van der Waals surface area (Å²) < 4.78 is 27.1. The van der Waals surface area contributed by atoms with Gasteiger partial charge in [0.05, 0.1) is 40.5 Å². The summed E-state index contributed by atoms with van der Waals surface area (Å²) in [7, 11) is 4.36. The number of phenolic OH excluding ortho intramolecular Hbond substituents is 2. The molecule has 4 rings (SSSR count). The molecule has 0 aliphatic carbocycles. The molecule has 1 fully saturated rings. The highest BCUT2D eigenvalue weighted by Crippen LogP contribution is 2.36. The van der Waals surface area contributed by atoms with Crippen molar-refractivity contribution in [1.82, 2.24) is 0 Å². The van der Waals surface area contributed by atoms with Gasteiger partial charge in [-0.1, -0.05) is 18.2 Å². The second-order valence-electron chi connectivity index (χ2n) is 9.61. The number of esters is 1. The van der Waals surface area contributed by atoms with Crippen LogP contribution in [0.25, 0.3) is 0 Å². The summed E-state index contributed by atoms with van der Waals surface area (Å²) in [5, 5.41) is 40.5. The predicted octanol–water partition coefficient (Wildman–Crippen LogP) is 3.17. The number of carbonyl (C=O) groups is 1. The highest BCUT2D eigenvalue weighted by molar-refractivity contribution is 5.75. The first kappa shape index (κ1) is 28.8. The maximum atomic E-state index is 12.6. The van der Waals surface area contributed by atoms with Crippen LogP contribution in [-0.2, 0) is 22.4 Å². The molecule has 1 aliphatic rings. The molecular weight excluding hydrogens is 520 g/mol. The minimum atomic E-state index is -1.23. The molecule has 3 aromatic carbocycles. The van der Waals surface area contributed by atoms with Crippen LogP contribution in [0.4, 0.5) is 0 Å². The largest absolute Gasteiger partial charge is 0.504 e. The lowest BCUT2D eigenvalue weighted by Gasteiger charge is -2.24. The van der Waals surface area contributed by atoms with Crippen LogP contribution in [0.3, 0.4) is 0 Å². The monoisotopic (exact) mass is 554 g/mol. The molecule has 10 heteroatoms. The first-order chi connectivity index (χ1) is 19.3. The van der Waals surface area contributed by atoms with Gasteiger partial charge in [0.2, 0.25) is 0 Å². The van der Waals surface area contributed by atoms with Crippen LogP contribution in [0, 0.1) is 11.8 Å². The van der Waals surface area contributed by atoms with Gasteiger partial charge < -0.3 is 44.1 Å². The molecule has 0 radical (unpaired) electrons. The Morgan fingerprint density at radius 1 is 0.825 bits per heavy atom. The van der Waals surface area contributed by atoms with Crippen LogP contribution in [0.5, 0.6) is 34.5 Å². The van der Waals surface area contributed by atoms with Crippen molar-refractivity contribution in [2.24, 2.45) is 11.8 Å². The van der Waals surface area contributed by atoms with Gasteiger partial charge in [-0.25, -0.2) is 0 Å². The molecule has 0 saturated carbocycles. The minimum absolute atomic E-state index is 0.0506. The van der Waals surface area contributed by atoms with E-state index in [9.17, 15) is 25.2 Å². The van der Waals surface area contributed by atoms with E-state index in [-0.39, 0.29) is 35.1 Å². The Kier molecular flexibility index (Phi) is 9.23. The third kappa shape index (κ3) is 6.35. The predicted molar refractivity (Wildman–Crippen MR) is 144 cm³/mol. The van der Waals surface area contributed by atoms with E-state index in [1.165, 1.54) is 39.5 Å². The Bertz CT molecular complexity index is 1320. The number of hydrogen-bond acceptors (Lipinski definition) is 10. The van der Waals surface area contributed by atoms with Crippen molar-refractivity contribution in [2.75, 3.05) is 34.5 Å². The second-order valence-corrected chi connectivity index (χ2v) is 9.61. The van der Waals surface area contributed by atoms with Gasteiger partial charge >= 0.3 is 5.97 Å². The third-order valence-electron chi connectivity index (χ3n) is 7.09. The zero-order valence-electron chi connectivity index (χ0n) is 22.6. The zero-order valence-corrected chi connectivity index (χ0v) is 22.6. The number of aromatic hydroxyl groups is 2. The molecule has 4 N–H and O–H groups in total.